The van der Waals surface area contributed by atoms with E-state index in [1.165, 1.54) is 62.0 Å². The van der Waals surface area contributed by atoms with E-state index in [4.69, 9.17) is 4.98 Å². The SMILES string of the molecule is Cc1ccc(C(c2ccccn2)N(C)CC2CCN(CCCc3ccccc3)CC2)cc1. The summed E-state index contributed by atoms with van der Waals surface area (Å²) in [7, 11) is 2.27. The van der Waals surface area contributed by atoms with Crippen molar-refractivity contribution in [3.8, 4) is 0 Å². The summed E-state index contributed by atoms with van der Waals surface area (Å²) >= 11 is 0. The highest BCUT2D eigenvalue weighted by Gasteiger charge is 2.25. The summed E-state index contributed by atoms with van der Waals surface area (Å²) in [6.45, 7) is 6.94. The third-order valence-corrected chi connectivity index (χ3v) is 6.84. The minimum Gasteiger partial charge on any atom is -0.303 e. The second-order valence-electron chi connectivity index (χ2n) is 9.38. The van der Waals surface area contributed by atoms with Crippen LogP contribution >= 0.6 is 0 Å². The Bertz CT molecular complexity index is 916. The minimum atomic E-state index is 0.209. The lowest BCUT2D eigenvalue weighted by molar-refractivity contribution is 0.141. The molecule has 0 aliphatic carbocycles. The van der Waals surface area contributed by atoms with Crippen LogP contribution in [0.25, 0.3) is 0 Å². The molecule has 0 bridgehead atoms. The highest BCUT2D eigenvalue weighted by atomic mass is 15.2. The molecule has 3 nitrogen and oxygen atoms in total. The summed E-state index contributed by atoms with van der Waals surface area (Å²) in [4.78, 5) is 9.89. The van der Waals surface area contributed by atoms with E-state index in [0.717, 1.165) is 18.2 Å². The molecule has 1 aromatic heterocycles. The van der Waals surface area contributed by atoms with Crippen LogP contribution in [0.2, 0.25) is 0 Å². The topological polar surface area (TPSA) is 19.4 Å². The van der Waals surface area contributed by atoms with E-state index >= 15 is 0 Å². The third-order valence-electron chi connectivity index (χ3n) is 6.84. The summed E-state index contributed by atoms with van der Waals surface area (Å²) in [5.74, 6) is 0.752. The quantitative estimate of drug-likeness (QED) is 0.433. The van der Waals surface area contributed by atoms with Gasteiger partial charge < -0.3 is 4.90 Å². The maximum absolute atomic E-state index is 4.71. The first-order valence-corrected chi connectivity index (χ1v) is 12.1. The van der Waals surface area contributed by atoms with Crippen LogP contribution in [-0.4, -0.2) is 48.0 Å². The Labute approximate surface area is 194 Å². The van der Waals surface area contributed by atoms with Gasteiger partial charge in [0.25, 0.3) is 0 Å². The number of nitrogens with zero attached hydrogens (tertiary/aromatic N) is 3. The molecule has 1 fully saturated rings. The van der Waals surface area contributed by atoms with Gasteiger partial charge in [0.05, 0.1) is 11.7 Å². The number of rotatable bonds is 9. The first kappa shape index (κ1) is 22.7. The van der Waals surface area contributed by atoms with Crippen LogP contribution < -0.4 is 0 Å². The number of aromatic nitrogens is 1. The highest BCUT2D eigenvalue weighted by molar-refractivity contribution is 5.30. The lowest BCUT2D eigenvalue weighted by Crippen LogP contribution is -2.39. The Morgan fingerprint density at radius 2 is 1.66 bits per heavy atom. The molecule has 1 aliphatic heterocycles. The molecule has 168 valence electrons. The van der Waals surface area contributed by atoms with Crippen molar-refractivity contribution in [2.24, 2.45) is 5.92 Å². The molecule has 0 spiro atoms. The first-order chi connectivity index (χ1) is 15.7. The molecule has 2 aromatic carbocycles. The average molecular weight is 428 g/mol. The van der Waals surface area contributed by atoms with Crippen molar-refractivity contribution >= 4 is 0 Å². The number of likely N-dealkylation sites (tertiary alicyclic amines) is 1. The van der Waals surface area contributed by atoms with Gasteiger partial charge in [-0.05, 0) is 88.5 Å². The normalized spacial score (nSPS) is 16.3. The van der Waals surface area contributed by atoms with Crippen molar-refractivity contribution in [2.45, 2.75) is 38.6 Å². The molecule has 1 atom stereocenters. The Kier molecular flexibility index (Phi) is 8.08. The summed E-state index contributed by atoms with van der Waals surface area (Å²) < 4.78 is 0. The largest absolute Gasteiger partial charge is 0.303 e. The maximum atomic E-state index is 4.71. The zero-order chi connectivity index (χ0) is 22.2. The summed E-state index contributed by atoms with van der Waals surface area (Å²) in [6.07, 6.45) is 6.94. The number of pyridine rings is 1. The molecular formula is C29H37N3. The molecule has 0 saturated carbocycles. The Morgan fingerprint density at radius 1 is 0.938 bits per heavy atom. The predicted octanol–water partition coefficient (Wildman–Crippen LogP) is 5.76. The van der Waals surface area contributed by atoms with Gasteiger partial charge in [-0.25, -0.2) is 0 Å². The van der Waals surface area contributed by atoms with Crippen molar-refractivity contribution < 1.29 is 0 Å². The van der Waals surface area contributed by atoms with E-state index in [0.29, 0.717) is 0 Å². The molecule has 1 saturated heterocycles. The fourth-order valence-corrected chi connectivity index (χ4v) is 4.99. The molecule has 32 heavy (non-hydrogen) atoms. The van der Waals surface area contributed by atoms with Crippen LogP contribution in [0.4, 0.5) is 0 Å². The van der Waals surface area contributed by atoms with Gasteiger partial charge >= 0.3 is 0 Å². The van der Waals surface area contributed by atoms with Crippen molar-refractivity contribution in [1.82, 2.24) is 14.8 Å². The fraction of sp³-hybridized carbons (Fsp3) is 0.414. The molecule has 3 heteroatoms. The summed E-state index contributed by atoms with van der Waals surface area (Å²) in [6, 6.07) is 26.3. The van der Waals surface area contributed by atoms with E-state index in [2.05, 4.69) is 90.5 Å². The Morgan fingerprint density at radius 3 is 2.34 bits per heavy atom. The lowest BCUT2D eigenvalue weighted by atomic mass is 9.93. The predicted molar refractivity (Wildman–Crippen MR) is 134 cm³/mol. The second kappa shape index (κ2) is 11.4. The standard InChI is InChI=1S/C29H37N3/c1-24-13-15-27(16-14-24)29(28-12-6-7-19-30-28)31(2)23-26-17-21-32(22-18-26)20-8-11-25-9-4-3-5-10-25/h3-7,9-10,12-16,19,26,29H,8,11,17-18,20-23H2,1-2H3. The first-order valence-electron chi connectivity index (χ1n) is 12.1. The number of hydrogen-bond donors (Lipinski definition) is 0. The van der Waals surface area contributed by atoms with Crippen LogP contribution in [0.5, 0.6) is 0 Å². The van der Waals surface area contributed by atoms with Gasteiger partial charge in [0.2, 0.25) is 0 Å². The number of benzene rings is 2. The van der Waals surface area contributed by atoms with Crippen LogP contribution in [0.1, 0.15) is 47.7 Å². The van der Waals surface area contributed by atoms with Gasteiger partial charge in [-0.15, -0.1) is 0 Å². The second-order valence-corrected chi connectivity index (χ2v) is 9.38. The van der Waals surface area contributed by atoms with E-state index < -0.39 is 0 Å². The van der Waals surface area contributed by atoms with E-state index in [9.17, 15) is 0 Å². The fourth-order valence-electron chi connectivity index (χ4n) is 4.99. The number of piperidine rings is 1. The van der Waals surface area contributed by atoms with Crippen molar-refractivity contribution in [3.63, 3.8) is 0 Å². The van der Waals surface area contributed by atoms with Gasteiger partial charge in [0.15, 0.2) is 0 Å². The summed E-state index contributed by atoms with van der Waals surface area (Å²) in [5, 5.41) is 0. The lowest BCUT2D eigenvalue weighted by Gasteiger charge is -2.36. The van der Waals surface area contributed by atoms with Crippen molar-refractivity contribution in [2.75, 3.05) is 33.2 Å². The van der Waals surface area contributed by atoms with Crippen LogP contribution in [-0.2, 0) is 6.42 Å². The molecule has 1 unspecified atom stereocenters. The van der Waals surface area contributed by atoms with Crippen LogP contribution in [0, 0.1) is 12.8 Å². The molecule has 0 amide bonds. The molecule has 2 heterocycles. The van der Waals surface area contributed by atoms with E-state index in [1.54, 1.807) is 0 Å². The molecule has 0 radical (unpaired) electrons. The van der Waals surface area contributed by atoms with E-state index in [-0.39, 0.29) is 6.04 Å². The zero-order valence-corrected chi connectivity index (χ0v) is 19.7. The van der Waals surface area contributed by atoms with E-state index in [1.807, 2.05) is 12.3 Å². The third kappa shape index (κ3) is 6.27. The number of hydrogen-bond acceptors (Lipinski definition) is 3. The Hall–Kier alpha value is -2.49. The van der Waals surface area contributed by atoms with Crippen molar-refractivity contribution in [3.05, 3.63) is 101 Å². The van der Waals surface area contributed by atoms with Gasteiger partial charge in [0, 0.05) is 12.7 Å². The van der Waals surface area contributed by atoms with Gasteiger partial charge in [-0.3, -0.25) is 9.88 Å². The van der Waals surface area contributed by atoms with Crippen LogP contribution in [0.15, 0.2) is 79.0 Å². The van der Waals surface area contributed by atoms with Gasteiger partial charge in [-0.2, -0.15) is 0 Å². The monoisotopic (exact) mass is 427 g/mol. The molecule has 0 N–H and O–H groups in total. The Balaban J connectivity index is 1.30. The average Bonchev–Trinajstić information content (AvgIpc) is 2.83. The number of aryl methyl sites for hydroxylation is 2. The molecular weight excluding hydrogens is 390 g/mol. The minimum absolute atomic E-state index is 0.209. The van der Waals surface area contributed by atoms with Crippen molar-refractivity contribution in [1.29, 1.82) is 0 Å². The molecule has 3 aromatic rings. The molecule has 1 aliphatic rings. The maximum Gasteiger partial charge on any atom is 0.0774 e. The van der Waals surface area contributed by atoms with Crippen LogP contribution in [0.3, 0.4) is 0 Å². The van der Waals surface area contributed by atoms with Gasteiger partial charge in [0.1, 0.15) is 0 Å². The smallest absolute Gasteiger partial charge is 0.0774 e. The highest BCUT2D eigenvalue weighted by Crippen LogP contribution is 2.29. The molecule has 4 rings (SSSR count). The van der Waals surface area contributed by atoms with Gasteiger partial charge in [-0.1, -0.05) is 66.2 Å². The summed E-state index contributed by atoms with van der Waals surface area (Å²) in [5.41, 5.74) is 5.23. The zero-order valence-electron chi connectivity index (χ0n) is 19.7.